The van der Waals surface area contributed by atoms with Crippen LogP contribution in [0.15, 0.2) is 18.2 Å². The first-order valence-corrected chi connectivity index (χ1v) is 5.15. The predicted molar refractivity (Wildman–Crippen MR) is 57.7 cm³/mol. The average Bonchev–Trinajstić information content (AvgIpc) is 2.75. The summed E-state index contributed by atoms with van der Waals surface area (Å²) < 4.78 is 26.2. The normalized spacial score (nSPS) is 10.6. The van der Waals surface area contributed by atoms with Gasteiger partial charge >= 0.3 is 5.97 Å². The second-order valence-corrected chi connectivity index (χ2v) is 3.62. The summed E-state index contributed by atoms with van der Waals surface area (Å²) in [5.41, 5.74) is 0.0641. The number of halogens is 2. The maximum Gasteiger partial charge on any atom is 0.303 e. The first-order valence-electron chi connectivity index (χ1n) is 5.15. The summed E-state index contributed by atoms with van der Waals surface area (Å²) in [6, 6.07) is 3.07. The molecule has 1 aromatic carbocycles. The molecular weight excluding hydrogens is 244 g/mol. The molecule has 1 aromatic heterocycles. The Kier molecular flexibility index (Phi) is 3.31. The number of carboxylic acids is 1. The van der Waals surface area contributed by atoms with Crippen molar-refractivity contribution in [3.8, 4) is 11.4 Å². The van der Waals surface area contributed by atoms with E-state index < -0.39 is 17.6 Å². The fourth-order valence-corrected chi connectivity index (χ4v) is 1.42. The SMILES string of the molecule is O=C(O)CCc1nc(-c2ccc(F)cc2F)n[nH]1. The van der Waals surface area contributed by atoms with Crippen molar-refractivity contribution in [3.63, 3.8) is 0 Å². The molecule has 0 bridgehead atoms. The quantitative estimate of drug-likeness (QED) is 0.870. The van der Waals surface area contributed by atoms with Crippen molar-refractivity contribution in [2.24, 2.45) is 0 Å². The van der Waals surface area contributed by atoms with Crippen LogP contribution in [-0.2, 0) is 11.2 Å². The summed E-state index contributed by atoms with van der Waals surface area (Å²) in [6.45, 7) is 0. The van der Waals surface area contributed by atoms with Gasteiger partial charge < -0.3 is 5.11 Å². The van der Waals surface area contributed by atoms with Gasteiger partial charge in [0.05, 0.1) is 12.0 Å². The second-order valence-electron chi connectivity index (χ2n) is 3.62. The molecule has 0 aliphatic rings. The Morgan fingerprint density at radius 1 is 1.39 bits per heavy atom. The van der Waals surface area contributed by atoms with Gasteiger partial charge in [-0.15, -0.1) is 0 Å². The van der Waals surface area contributed by atoms with E-state index in [4.69, 9.17) is 5.11 Å². The van der Waals surface area contributed by atoms with Gasteiger partial charge in [0.15, 0.2) is 5.82 Å². The monoisotopic (exact) mass is 253 g/mol. The highest BCUT2D eigenvalue weighted by atomic mass is 19.1. The van der Waals surface area contributed by atoms with Gasteiger partial charge in [-0.1, -0.05) is 0 Å². The highest BCUT2D eigenvalue weighted by Crippen LogP contribution is 2.19. The van der Waals surface area contributed by atoms with Gasteiger partial charge in [0, 0.05) is 12.5 Å². The van der Waals surface area contributed by atoms with Crippen LogP contribution in [0.2, 0.25) is 0 Å². The molecule has 2 rings (SSSR count). The average molecular weight is 253 g/mol. The van der Waals surface area contributed by atoms with Gasteiger partial charge in [-0.25, -0.2) is 13.8 Å². The molecule has 0 spiro atoms. The van der Waals surface area contributed by atoms with E-state index in [1.54, 1.807) is 0 Å². The number of aryl methyl sites for hydroxylation is 1. The van der Waals surface area contributed by atoms with Gasteiger partial charge in [-0.05, 0) is 12.1 Å². The number of carboxylic acid groups (broad SMARTS) is 1. The molecule has 0 atom stereocenters. The van der Waals surface area contributed by atoms with E-state index in [2.05, 4.69) is 15.2 Å². The molecule has 0 saturated carbocycles. The highest BCUT2D eigenvalue weighted by Gasteiger charge is 2.12. The molecule has 1 heterocycles. The van der Waals surface area contributed by atoms with Crippen molar-refractivity contribution < 1.29 is 18.7 Å². The summed E-state index contributed by atoms with van der Waals surface area (Å²) >= 11 is 0. The molecule has 0 amide bonds. The maximum absolute atomic E-state index is 13.4. The van der Waals surface area contributed by atoms with Crippen LogP contribution in [0.25, 0.3) is 11.4 Å². The minimum Gasteiger partial charge on any atom is -0.481 e. The number of rotatable bonds is 4. The van der Waals surface area contributed by atoms with Gasteiger partial charge in [0.25, 0.3) is 0 Å². The summed E-state index contributed by atoms with van der Waals surface area (Å²) in [6.07, 6.45) is 0.0751. The van der Waals surface area contributed by atoms with Crippen molar-refractivity contribution in [2.45, 2.75) is 12.8 Å². The maximum atomic E-state index is 13.4. The van der Waals surface area contributed by atoms with E-state index in [9.17, 15) is 13.6 Å². The van der Waals surface area contributed by atoms with Crippen molar-refractivity contribution in [1.82, 2.24) is 15.2 Å². The Labute approximate surface area is 100 Å². The van der Waals surface area contributed by atoms with Crippen LogP contribution in [0.3, 0.4) is 0 Å². The van der Waals surface area contributed by atoms with E-state index >= 15 is 0 Å². The molecule has 2 aromatic rings. The third-order valence-electron chi connectivity index (χ3n) is 2.28. The van der Waals surface area contributed by atoms with Gasteiger partial charge in [0.1, 0.15) is 17.5 Å². The van der Waals surface area contributed by atoms with Crippen LogP contribution in [0.4, 0.5) is 8.78 Å². The summed E-state index contributed by atoms with van der Waals surface area (Å²) in [5, 5.41) is 14.8. The van der Waals surface area contributed by atoms with E-state index in [0.29, 0.717) is 5.82 Å². The Hall–Kier alpha value is -2.31. The van der Waals surface area contributed by atoms with Gasteiger partial charge in [-0.3, -0.25) is 9.89 Å². The molecular formula is C11H9F2N3O2. The summed E-state index contributed by atoms with van der Waals surface area (Å²) in [7, 11) is 0. The number of H-pyrrole nitrogens is 1. The van der Waals surface area contributed by atoms with Crippen LogP contribution in [0.5, 0.6) is 0 Å². The van der Waals surface area contributed by atoms with Gasteiger partial charge in [0.2, 0.25) is 0 Å². The fourth-order valence-electron chi connectivity index (χ4n) is 1.42. The Morgan fingerprint density at radius 2 is 2.17 bits per heavy atom. The molecule has 18 heavy (non-hydrogen) atoms. The van der Waals surface area contributed by atoms with Crippen molar-refractivity contribution >= 4 is 5.97 Å². The number of aromatic nitrogens is 3. The first kappa shape index (κ1) is 12.2. The van der Waals surface area contributed by atoms with E-state index in [1.807, 2.05) is 0 Å². The molecule has 0 unspecified atom stereocenters. The van der Waals surface area contributed by atoms with Crippen molar-refractivity contribution in [1.29, 1.82) is 0 Å². The smallest absolute Gasteiger partial charge is 0.303 e. The topological polar surface area (TPSA) is 78.9 Å². The van der Waals surface area contributed by atoms with Crippen LogP contribution < -0.4 is 0 Å². The molecule has 2 N–H and O–H groups in total. The zero-order chi connectivity index (χ0) is 13.1. The lowest BCUT2D eigenvalue weighted by Crippen LogP contribution is -1.98. The van der Waals surface area contributed by atoms with Crippen molar-refractivity contribution in [2.75, 3.05) is 0 Å². The zero-order valence-corrected chi connectivity index (χ0v) is 9.15. The number of hydrogen-bond donors (Lipinski definition) is 2. The Bertz CT molecular complexity index is 583. The molecule has 7 heteroatoms. The molecule has 0 aliphatic carbocycles. The molecule has 5 nitrogen and oxygen atoms in total. The first-order chi connectivity index (χ1) is 8.56. The molecule has 0 radical (unpaired) electrons. The number of carbonyl (C=O) groups is 1. The summed E-state index contributed by atoms with van der Waals surface area (Å²) in [5.74, 6) is -1.98. The molecule has 0 fully saturated rings. The highest BCUT2D eigenvalue weighted by molar-refractivity contribution is 5.66. The Morgan fingerprint density at radius 3 is 2.83 bits per heavy atom. The lowest BCUT2D eigenvalue weighted by atomic mass is 10.2. The number of benzene rings is 1. The number of nitrogens with one attached hydrogen (secondary N) is 1. The summed E-state index contributed by atoms with van der Waals surface area (Å²) in [4.78, 5) is 14.3. The zero-order valence-electron chi connectivity index (χ0n) is 9.15. The predicted octanol–water partition coefficient (Wildman–Crippen LogP) is 1.77. The van der Waals surface area contributed by atoms with E-state index in [1.165, 1.54) is 6.07 Å². The third kappa shape index (κ3) is 2.68. The number of nitrogens with zero attached hydrogens (tertiary/aromatic N) is 2. The minimum atomic E-state index is -0.957. The number of aromatic amines is 1. The number of hydrogen-bond acceptors (Lipinski definition) is 3. The lowest BCUT2D eigenvalue weighted by Gasteiger charge is -1.97. The standard InChI is InChI=1S/C11H9F2N3O2/c12-6-1-2-7(8(13)5-6)11-14-9(15-16-11)3-4-10(17)18/h1-2,5H,3-4H2,(H,17,18)(H,14,15,16). The van der Waals surface area contributed by atoms with Crippen LogP contribution >= 0.6 is 0 Å². The molecule has 94 valence electrons. The van der Waals surface area contributed by atoms with Crippen LogP contribution in [0.1, 0.15) is 12.2 Å². The second kappa shape index (κ2) is 4.91. The minimum absolute atomic E-state index is 0.0641. The van der Waals surface area contributed by atoms with Crippen LogP contribution in [-0.4, -0.2) is 26.3 Å². The Balaban J connectivity index is 2.21. The molecule has 0 aliphatic heterocycles. The largest absolute Gasteiger partial charge is 0.481 e. The number of aliphatic carboxylic acids is 1. The van der Waals surface area contributed by atoms with E-state index in [-0.39, 0.29) is 24.2 Å². The fraction of sp³-hybridized carbons (Fsp3) is 0.182. The molecule has 0 saturated heterocycles. The lowest BCUT2D eigenvalue weighted by molar-refractivity contribution is -0.137. The van der Waals surface area contributed by atoms with E-state index in [0.717, 1.165) is 12.1 Å². The third-order valence-corrected chi connectivity index (χ3v) is 2.28. The van der Waals surface area contributed by atoms with Gasteiger partial charge in [-0.2, -0.15) is 5.10 Å². The van der Waals surface area contributed by atoms with Crippen LogP contribution in [0, 0.1) is 11.6 Å². The van der Waals surface area contributed by atoms with Crippen molar-refractivity contribution in [3.05, 3.63) is 35.7 Å².